The van der Waals surface area contributed by atoms with Gasteiger partial charge in [-0.1, -0.05) is 17.7 Å². The minimum Gasteiger partial charge on any atom is -0.388 e. The molecular formula is C15H11BrClNOS. The topological polar surface area (TPSA) is 33.1 Å². The van der Waals surface area contributed by atoms with E-state index in [0.29, 0.717) is 11.4 Å². The van der Waals surface area contributed by atoms with Crippen molar-refractivity contribution < 1.29 is 5.11 Å². The first-order valence-electron chi connectivity index (χ1n) is 6.10. The van der Waals surface area contributed by atoms with E-state index in [1.54, 1.807) is 17.5 Å². The molecule has 2 aromatic heterocycles. The van der Waals surface area contributed by atoms with Crippen LogP contribution in [0, 0.1) is 0 Å². The average Bonchev–Trinajstić information content (AvgIpc) is 2.85. The van der Waals surface area contributed by atoms with Crippen molar-refractivity contribution in [3.63, 3.8) is 0 Å². The molecule has 5 heteroatoms. The van der Waals surface area contributed by atoms with E-state index in [4.69, 9.17) is 11.6 Å². The van der Waals surface area contributed by atoms with Crippen LogP contribution in [0.3, 0.4) is 0 Å². The van der Waals surface area contributed by atoms with Crippen molar-refractivity contribution in [2.75, 3.05) is 0 Å². The first-order valence-corrected chi connectivity index (χ1v) is 8.15. The highest BCUT2D eigenvalue weighted by Crippen LogP contribution is 2.32. The largest absolute Gasteiger partial charge is 0.388 e. The van der Waals surface area contributed by atoms with Crippen LogP contribution in [-0.4, -0.2) is 10.1 Å². The number of halogens is 2. The number of rotatable bonds is 3. The molecule has 102 valence electrons. The second-order valence-corrected chi connectivity index (χ2v) is 6.71. The maximum absolute atomic E-state index is 10.5. The van der Waals surface area contributed by atoms with Crippen molar-refractivity contribution in [2.24, 2.45) is 0 Å². The van der Waals surface area contributed by atoms with Crippen LogP contribution in [0.5, 0.6) is 0 Å². The molecule has 3 aromatic rings. The van der Waals surface area contributed by atoms with E-state index >= 15 is 0 Å². The zero-order valence-corrected chi connectivity index (χ0v) is 13.5. The normalized spacial score (nSPS) is 12.8. The summed E-state index contributed by atoms with van der Waals surface area (Å²) in [5, 5.41) is 14.0. The van der Waals surface area contributed by atoms with Gasteiger partial charge in [0.25, 0.3) is 0 Å². The van der Waals surface area contributed by atoms with Gasteiger partial charge in [-0.05, 0) is 45.6 Å². The fourth-order valence-electron chi connectivity index (χ4n) is 2.18. The molecule has 3 rings (SSSR count). The van der Waals surface area contributed by atoms with Gasteiger partial charge >= 0.3 is 0 Å². The van der Waals surface area contributed by atoms with Crippen molar-refractivity contribution in [3.8, 4) is 0 Å². The van der Waals surface area contributed by atoms with Crippen molar-refractivity contribution >= 4 is 49.8 Å². The highest BCUT2D eigenvalue weighted by Gasteiger charge is 2.16. The Morgan fingerprint density at radius 3 is 2.90 bits per heavy atom. The van der Waals surface area contributed by atoms with Crippen LogP contribution in [0.4, 0.5) is 0 Å². The van der Waals surface area contributed by atoms with E-state index < -0.39 is 6.10 Å². The van der Waals surface area contributed by atoms with Crippen LogP contribution in [0.2, 0.25) is 5.02 Å². The Labute approximate surface area is 134 Å². The maximum Gasteiger partial charge on any atom is 0.0859 e. The summed E-state index contributed by atoms with van der Waals surface area (Å²) in [6.45, 7) is 0. The molecule has 20 heavy (non-hydrogen) atoms. The van der Waals surface area contributed by atoms with Crippen LogP contribution in [0.25, 0.3) is 10.9 Å². The van der Waals surface area contributed by atoms with Gasteiger partial charge in [0.05, 0.1) is 11.6 Å². The summed E-state index contributed by atoms with van der Waals surface area (Å²) in [6, 6.07) is 9.42. The second-order valence-electron chi connectivity index (χ2n) is 4.45. The van der Waals surface area contributed by atoms with Gasteiger partial charge in [0.15, 0.2) is 0 Å². The smallest absolute Gasteiger partial charge is 0.0859 e. The third kappa shape index (κ3) is 2.61. The van der Waals surface area contributed by atoms with Gasteiger partial charge in [-0.25, -0.2) is 0 Å². The maximum atomic E-state index is 10.5. The number of nitrogens with zero attached hydrogens (tertiary/aromatic N) is 1. The van der Waals surface area contributed by atoms with E-state index in [1.807, 2.05) is 35.7 Å². The molecule has 0 bridgehead atoms. The van der Waals surface area contributed by atoms with Gasteiger partial charge < -0.3 is 5.11 Å². The number of thiophene rings is 1. The Morgan fingerprint density at radius 1 is 1.30 bits per heavy atom. The van der Waals surface area contributed by atoms with Crippen molar-refractivity contribution in [2.45, 2.75) is 12.5 Å². The summed E-state index contributed by atoms with van der Waals surface area (Å²) < 4.78 is 1.03. The molecule has 0 radical (unpaired) electrons. The summed E-state index contributed by atoms with van der Waals surface area (Å²) in [5.41, 5.74) is 1.57. The number of hydrogen-bond acceptors (Lipinski definition) is 3. The minimum atomic E-state index is -0.598. The number of benzene rings is 1. The van der Waals surface area contributed by atoms with Gasteiger partial charge in [0.1, 0.15) is 0 Å². The fraction of sp³-hybridized carbons (Fsp3) is 0.133. The number of pyridine rings is 1. The number of hydrogen-bond donors (Lipinski definition) is 1. The molecule has 1 unspecified atom stereocenters. The molecular weight excluding hydrogens is 358 g/mol. The lowest BCUT2D eigenvalue weighted by molar-refractivity contribution is 0.180. The van der Waals surface area contributed by atoms with Crippen LogP contribution in [0.15, 0.2) is 46.4 Å². The molecule has 0 fully saturated rings. The number of fused-ring (bicyclic) bond motifs is 1. The van der Waals surface area contributed by atoms with Crippen LogP contribution >= 0.6 is 38.9 Å². The average molecular weight is 369 g/mol. The molecule has 2 heterocycles. The Bertz CT molecular complexity index is 758. The Hall–Kier alpha value is -0.940. The Balaban J connectivity index is 2.02. The lowest BCUT2D eigenvalue weighted by Gasteiger charge is -2.13. The van der Waals surface area contributed by atoms with E-state index in [9.17, 15) is 5.11 Å². The highest BCUT2D eigenvalue weighted by atomic mass is 79.9. The molecule has 0 saturated carbocycles. The zero-order valence-electron chi connectivity index (χ0n) is 10.4. The van der Waals surface area contributed by atoms with Gasteiger partial charge in [-0.2, -0.15) is 0 Å². The lowest BCUT2D eigenvalue weighted by atomic mass is 10.0. The van der Waals surface area contributed by atoms with Crippen LogP contribution < -0.4 is 0 Å². The standard InChI is InChI=1S/C15H11BrClNOS/c16-11-5-7-20-14(11)8-13(19)10-3-4-12(17)9-2-1-6-18-15(9)10/h1-7,13,19H,8H2. The predicted molar refractivity (Wildman–Crippen MR) is 87.4 cm³/mol. The summed E-state index contributed by atoms with van der Waals surface area (Å²) in [6.07, 6.45) is 1.68. The lowest BCUT2D eigenvalue weighted by Crippen LogP contribution is -2.03. The molecule has 1 aromatic carbocycles. The molecule has 0 spiro atoms. The predicted octanol–water partition coefficient (Wildman–Crippen LogP) is 4.99. The van der Waals surface area contributed by atoms with E-state index in [-0.39, 0.29) is 0 Å². The monoisotopic (exact) mass is 367 g/mol. The van der Waals surface area contributed by atoms with E-state index in [0.717, 1.165) is 25.8 Å². The molecule has 1 N–H and O–H groups in total. The summed E-state index contributed by atoms with van der Waals surface area (Å²) in [5.74, 6) is 0. The number of aliphatic hydroxyl groups excluding tert-OH is 1. The molecule has 1 atom stereocenters. The molecule has 0 amide bonds. The van der Waals surface area contributed by atoms with Crippen LogP contribution in [0.1, 0.15) is 16.5 Å². The molecule has 0 aliphatic heterocycles. The van der Waals surface area contributed by atoms with Crippen molar-refractivity contribution in [1.29, 1.82) is 0 Å². The zero-order chi connectivity index (χ0) is 14.1. The number of aromatic nitrogens is 1. The number of aliphatic hydroxyl groups is 1. The summed E-state index contributed by atoms with van der Waals surface area (Å²) in [4.78, 5) is 5.48. The summed E-state index contributed by atoms with van der Waals surface area (Å²) >= 11 is 11.3. The third-order valence-corrected chi connectivity index (χ3v) is 5.45. The van der Waals surface area contributed by atoms with E-state index in [1.165, 1.54) is 0 Å². The first-order chi connectivity index (χ1) is 9.66. The van der Waals surface area contributed by atoms with Gasteiger partial charge in [0.2, 0.25) is 0 Å². The summed E-state index contributed by atoms with van der Waals surface area (Å²) in [7, 11) is 0. The van der Waals surface area contributed by atoms with Crippen molar-refractivity contribution in [1.82, 2.24) is 4.98 Å². The molecule has 2 nitrogen and oxygen atoms in total. The minimum absolute atomic E-state index is 0.561. The Morgan fingerprint density at radius 2 is 2.15 bits per heavy atom. The Kier molecular flexibility index (Phi) is 4.08. The highest BCUT2D eigenvalue weighted by molar-refractivity contribution is 9.10. The molecule has 0 aliphatic carbocycles. The van der Waals surface area contributed by atoms with E-state index in [2.05, 4.69) is 20.9 Å². The van der Waals surface area contributed by atoms with Gasteiger partial charge in [-0.3, -0.25) is 4.98 Å². The second kappa shape index (κ2) is 5.82. The molecule has 0 saturated heterocycles. The van der Waals surface area contributed by atoms with Crippen LogP contribution in [-0.2, 0) is 6.42 Å². The fourth-order valence-corrected chi connectivity index (χ4v) is 3.95. The SMILES string of the molecule is OC(Cc1sccc1Br)c1ccc(Cl)c2cccnc12. The van der Waals surface area contributed by atoms with Crippen molar-refractivity contribution in [3.05, 3.63) is 61.8 Å². The molecule has 0 aliphatic rings. The third-order valence-electron chi connectivity index (χ3n) is 3.18. The van der Waals surface area contributed by atoms with Gasteiger partial charge in [-0.15, -0.1) is 11.3 Å². The van der Waals surface area contributed by atoms with Gasteiger partial charge in [0, 0.05) is 37.9 Å². The quantitative estimate of drug-likeness (QED) is 0.706. The first kappa shape index (κ1) is 14.0.